The summed E-state index contributed by atoms with van der Waals surface area (Å²) in [5.41, 5.74) is 4.10. The number of hydrogen-bond donors (Lipinski definition) is 1. The summed E-state index contributed by atoms with van der Waals surface area (Å²) in [6, 6.07) is 11.2. The highest BCUT2D eigenvalue weighted by atomic mass is 35.5. The predicted octanol–water partition coefficient (Wildman–Crippen LogP) is 4.35. The average molecular weight is 310 g/mol. The Morgan fingerprint density at radius 2 is 1.85 bits per heavy atom. The van der Waals surface area contributed by atoms with Gasteiger partial charge in [0.25, 0.3) is 5.69 Å². The fraction of sp³-hybridized carbons (Fsp3) is 0. The molecule has 20 heavy (non-hydrogen) atoms. The maximum atomic E-state index is 10.5. The molecule has 0 aliphatic carbocycles. The minimum Gasteiger partial charge on any atom is -0.277 e. The van der Waals surface area contributed by atoms with Gasteiger partial charge in [0.1, 0.15) is 0 Å². The Bertz CT molecular complexity index is 657. The Morgan fingerprint density at radius 3 is 2.50 bits per heavy atom. The summed E-state index contributed by atoms with van der Waals surface area (Å²) in [6.07, 6.45) is 1.53. The molecule has 0 fully saturated rings. The van der Waals surface area contributed by atoms with Crippen molar-refractivity contribution in [2.45, 2.75) is 0 Å². The van der Waals surface area contributed by atoms with E-state index < -0.39 is 4.92 Å². The lowest BCUT2D eigenvalue weighted by Crippen LogP contribution is -1.92. The van der Waals surface area contributed by atoms with Crippen molar-refractivity contribution in [3.63, 3.8) is 0 Å². The Kier molecular flexibility index (Phi) is 4.55. The van der Waals surface area contributed by atoms with Crippen molar-refractivity contribution in [2.24, 2.45) is 5.10 Å². The molecule has 0 aliphatic rings. The number of hydrazone groups is 1. The van der Waals surface area contributed by atoms with E-state index in [4.69, 9.17) is 23.2 Å². The van der Waals surface area contributed by atoms with Crippen molar-refractivity contribution in [3.8, 4) is 0 Å². The third kappa shape index (κ3) is 3.46. The fourth-order valence-electron chi connectivity index (χ4n) is 1.45. The van der Waals surface area contributed by atoms with Gasteiger partial charge in [-0.25, -0.2) is 0 Å². The van der Waals surface area contributed by atoms with Crippen LogP contribution in [0.15, 0.2) is 47.6 Å². The van der Waals surface area contributed by atoms with Gasteiger partial charge in [0.15, 0.2) is 0 Å². The summed E-state index contributed by atoms with van der Waals surface area (Å²) in [5.74, 6) is 0. The molecule has 0 heterocycles. The molecule has 0 saturated heterocycles. The topological polar surface area (TPSA) is 67.5 Å². The van der Waals surface area contributed by atoms with Gasteiger partial charge in [0.2, 0.25) is 0 Å². The van der Waals surface area contributed by atoms with E-state index in [2.05, 4.69) is 10.5 Å². The van der Waals surface area contributed by atoms with Crippen molar-refractivity contribution in [2.75, 3.05) is 5.43 Å². The molecule has 0 bridgehead atoms. The monoisotopic (exact) mass is 309 g/mol. The molecule has 0 aromatic heterocycles. The van der Waals surface area contributed by atoms with Gasteiger partial charge in [-0.2, -0.15) is 5.10 Å². The van der Waals surface area contributed by atoms with Gasteiger partial charge in [-0.15, -0.1) is 0 Å². The third-order valence-electron chi connectivity index (χ3n) is 2.45. The van der Waals surface area contributed by atoms with E-state index in [1.165, 1.54) is 18.3 Å². The number of hydrogen-bond acceptors (Lipinski definition) is 4. The van der Waals surface area contributed by atoms with Gasteiger partial charge >= 0.3 is 0 Å². The molecule has 0 saturated carbocycles. The molecule has 5 nitrogen and oxygen atoms in total. The number of halogens is 2. The zero-order valence-corrected chi connectivity index (χ0v) is 11.6. The van der Waals surface area contributed by atoms with Crippen molar-refractivity contribution in [1.82, 2.24) is 0 Å². The van der Waals surface area contributed by atoms with E-state index in [0.717, 1.165) is 5.56 Å². The largest absolute Gasteiger partial charge is 0.277 e. The van der Waals surface area contributed by atoms with Crippen LogP contribution in [0.1, 0.15) is 5.56 Å². The van der Waals surface area contributed by atoms with Crippen molar-refractivity contribution >= 4 is 40.8 Å². The fourth-order valence-corrected chi connectivity index (χ4v) is 1.79. The lowest BCUT2D eigenvalue weighted by molar-refractivity contribution is -0.384. The van der Waals surface area contributed by atoms with Crippen LogP contribution in [-0.2, 0) is 0 Å². The molecule has 102 valence electrons. The highest BCUT2D eigenvalue weighted by Gasteiger charge is 2.03. The van der Waals surface area contributed by atoms with Crippen LogP contribution in [0.3, 0.4) is 0 Å². The molecular weight excluding hydrogens is 301 g/mol. The number of nitrogens with one attached hydrogen (secondary N) is 1. The molecule has 2 aromatic rings. The first-order valence-electron chi connectivity index (χ1n) is 5.55. The van der Waals surface area contributed by atoms with Crippen LogP contribution in [0.2, 0.25) is 10.0 Å². The van der Waals surface area contributed by atoms with Crippen LogP contribution >= 0.6 is 23.2 Å². The van der Waals surface area contributed by atoms with E-state index in [1.54, 1.807) is 30.3 Å². The van der Waals surface area contributed by atoms with Crippen LogP contribution in [0.5, 0.6) is 0 Å². The van der Waals surface area contributed by atoms with E-state index in [9.17, 15) is 10.1 Å². The van der Waals surface area contributed by atoms with Crippen molar-refractivity contribution < 1.29 is 4.92 Å². The minimum atomic E-state index is -0.453. The average Bonchev–Trinajstić information content (AvgIpc) is 2.44. The Labute approximate surface area is 125 Å². The van der Waals surface area contributed by atoms with Crippen LogP contribution in [0, 0.1) is 10.1 Å². The normalized spacial score (nSPS) is 10.7. The second-order valence-corrected chi connectivity index (χ2v) is 4.61. The zero-order chi connectivity index (χ0) is 14.5. The highest BCUT2D eigenvalue weighted by Crippen LogP contribution is 2.29. The van der Waals surface area contributed by atoms with E-state index >= 15 is 0 Å². The first-order chi connectivity index (χ1) is 9.58. The zero-order valence-electron chi connectivity index (χ0n) is 10.1. The number of nitro benzene ring substituents is 1. The SMILES string of the molecule is O=[N+]([O-])c1ccc(/C=N/Nc2cccc(Cl)c2Cl)cc1. The van der Waals surface area contributed by atoms with Gasteiger partial charge in [-0.3, -0.25) is 15.5 Å². The van der Waals surface area contributed by atoms with E-state index in [0.29, 0.717) is 15.7 Å². The summed E-state index contributed by atoms with van der Waals surface area (Å²) in [7, 11) is 0. The number of non-ortho nitro benzene ring substituents is 1. The molecule has 0 unspecified atom stereocenters. The maximum absolute atomic E-state index is 10.5. The second kappa shape index (κ2) is 6.36. The lowest BCUT2D eigenvalue weighted by atomic mass is 10.2. The number of anilines is 1. The highest BCUT2D eigenvalue weighted by molar-refractivity contribution is 6.43. The van der Waals surface area contributed by atoms with Crippen LogP contribution in [-0.4, -0.2) is 11.1 Å². The molecule has 0 radical (unpaired) electrons. The van der Waals surface area contributed by atoms with Gasteiger partial charge in [0, 0.05) is 12.1 Å². The number of nitrogens with zero attached hydrogens (tertiary/aromatic N) is 2. The summed E-state index contributed by atoms with van der Waals surface area (Å²) in [6.45, 7) is 0. The molecule has 0 amide bonds. The molecule has 0 aliphatic heterocycles. The van der Waals surface area contributed by atoms with Crippen LogP contribution < -0.4 is 5.43 Å². The molecule has 2 aromatic carbocycles. The summed E-state index contributed by atoms with van der Waals surface area (Å²) < 4.78 is 0. The lowest BCUT2D eigenvalue weighted by Gasteiger charge is -2.03. The van der Waals surface area contributed by atoms with Gasteiger partial charge in [-0.05, 0) is 29.8 Å². The first-order valence-corrected chi connectivity index (χ1v) is 6.31. The third-order valence-corrected chi connectivity index (χ3v) is 3.27. The standard InChI is InChI=1S/C13H9Cl2N3O2/c14-11-2-1-3-12(13(11)15)17-16-8-9-4-6-10(7-5-9)18(19)20/h1-8,17H/b16-8+. The quantitative estimate of drug-likeness (QED) is 0.518. The van der Waals surface area contributed by atoms with Crippen LogP contribution in [0.4, 0.5) is 11.4 Å². The van der Waals surface area contributed by atoms with Gasteiger partial charge in [0.05, 0.1) is 26.9 Å². The Balaban J connectivity index is 2.06. The molecule has 1 N–H and O–H groups in total. The minimum absolute atomic E-state index is 0.0352. The summed E-state index contributed by atoms with van der Waals surface area (Å²) in [5, 5.41) is 15.3. The number of rotatable bonds is 4. The molecule has 0 atom stereocenters. The molecular formula is C13H9Cl2N3O2. The predicted molar refractivity (Wildman–Crippen MR) is 80.8 cm³/mol. The van der Waals surface area contributed by atoms with Crippen molar-refractivity contribution in [1.29, 1.82) is 0 Å². The molecule has 2 rings (SSSR count). The van der Waals surface area contributed by atoms with Gasteiger partial charge < -0.3 is 0 Å². The number of nitro groups is 1. The summed E-state index contributed by atoms with van der Waals surface area (Å²) in [4.78, 5) is 10.1. The second-order valence-electron chi connectivity index (χ2n) is 3.82. The smallest absolute Gasteiger partial charge is 0.269 e. The first kappa shape index (κ1) is 14.3. The Hall–Kier alpha value is -2.11. The summed E-state index contributed by atoms with van der Waals surface area (Å²) >= 11 is 11.9. The van der Waals surface area contributed by atoms with Gasteiger partial charge in [-0.1, -0.05) is 29.3 Å². The van der Waals surface area contributed by atoms with E-state index in [1.807, 2.05) is 0 Å². The van der Waals surface area contributed by atoms with Crippen LogP contribution in [0.25, 0.3) is 0 Å². The molecule has 0 spiro atoms. The maximum Gasteiger partial charge on any atom is 0.269 e. The molecule has 7 heteroatoms. The number of benzene rings is 2. The Morgan fingerprint density at radius 1 is 1.15 bits per heavy atom. The van der Waals surface area contributed by atoms with E-state index in [-0.39, 0.29) is 5.69 Å². The van der Waals surface area contributed by atoms with Crippen molar-refractivity contribution in [3.05, 3.63) is 68.2 Å².